The summed E-state index contributed by atoms with van der Waals surface area (Å²) in [6.45, 7) is 2.24. The molecule has 28 heavy (non-hydrogen) atoms. The van der Waals surface area contributed by atoms with Gasteiger partial charge in [-0.25, -0.2) is 19.9 Å². The zero-order valence-corrected chi connectivity index (χ0v) is 15.5. The number of fused-ring (bicyclic) bond motifs is 3. The Labute approximate surface area is 161 Å². The summed E-state index contributed by atoms with van der Waals surface area (Å²) in [6.07, 6.45) is 12.0. The molecule has 4 aromatic rings. The lowest BCUT2D eigenvalue weighted by atomic mass is 9.93. The van der Waals surface area contributed by atoms with Crippen LogP contribution in [-0.4, -0.2) is 35.4 Å². The van der Waals surface area contributed by atoms with Crippen molar-refractivity contribution in [2.45, 2.75) is 38.1 Å². The van der Waals surface area contributed by atoms with E-state index in [0.717, 1.165) is 41.8 Å². The molecule has 4 aromatic heterocycles. The van der Waals surface area contributed by atoms with Crippen molar-refractivity contribution in [2.75, 3.05) is 5.32 Å². The number of hydrogen-bond donors (Lipinski definition) is 2. The maximum absolute atomic E-state index is 8.88. The first-order valence-corrected chi connectivity index (χ1v) is 9.55. The predicted octanol–water partition coefficient (Wildman–Crippen LogP) is 3.26. The second kappa shape index (κ2) is 6.60. The Hall–Kier alpha value is -3.47. The number of imidazole rings is 1. The van der Waals surface area contributed by atoms with E-state index in [2.05, 4.69) is 42.6 Å². The molecule has 0 aromatic carbocycles. The highest BCUT2D eigenvalue weighted by Crippen LogP contribution is 2.42. The summed E-state index contributed by atoms with van der Waals surface area (Å²) in [5.41, 5.74) is 3.29. The molecule has 8 heteroatoms. The number of hydrogen-bond acceptors (Lipinski definition) is 6. The van der Waals surface area contributed by atoms with E-state index < -0.39 is 0 Å². The van der Waals surface area contributed by atoms with Crippen LogP contribution in [0.1, 0.15) is 43.6 Å². The van der Waals surface area contributed by atoms with Crippen LogP contribution in [0.15, 0.2) is 37.1 Å². The normalized spacial score (nSPS) is 21.9. The number of nitrogens with one attached hydrogen (secondary N) is 2. The molecule has 0 aliphatic heterocycles. The van der Waals surface area contributed by atoms with E-state index in [1.165, 1.54) is 6.20 Å². The standard InChI is InChI=1S/C20H20N8/c1-2-12-5-13(27-18-11-23-14(7-21)8-24-18)6-16(12)20-26-10-15-9-25-19-17(28(15)20)3-4-22-19/h3-4,8-13,16,22H,2,5-6H2,1H3,(H,24,27). The second-order valence-corrected chi connectivity index (χ2v) is 7.33. The van der Waals surface area contributed by atoms with Crippen LogP contribution in [-0.2, 0) is 0 Å². The first-order chi connectivity index (χ1) is 13.8. The summed E-state index contributed by atoms with van der Waals surface area (Å²) in [6, 6.07) is 4.35. The van der Waals surface area contributed by atoms with Gasteiger partial charge in [-0.1, -0.05) is 13.3 Å². The molecule has 0 saturated heterocycles. The topological polar surface area (TPSA) is 108 Å². The largest absolute Gasteiger partial charge is 0.366 e. The maximum Gasteiger partial charge on any atom is 0.158 e. The van der Waals surface area contributed by atoms with Crippen LogP contribution < -0.4 is 5.32 Å². The van der Waals surface area contributed by atoms with Crippen molar-refractivity contribution in [1.82, 2.24) is 29.3 Å². The van der Waals surface area contributed by atoms with Crippen LogP contribution in [0.4, 0.5) is 5.82 Å². The van der Waals surface area contributed by atoms with Crippen molar-refractivity contribution in [3.05, 3.63) is 48.6 Å². The molecule has 0 bridgehead atoms. The number of anilines is 1. The van der Waals surface area contributed by atoms with E-state index in [1.807, 2.05) is 24.7 Å². The van der Waals surface area contributed by atoms with E-state index in [-0.39, 0.29) is 0 Å². The lowest BCUT2D eigenvalue weighted by Gasteiger charge is -2.16. The van der Waals surface area contributed by atoms with Gasteiger partial charge in [-0.05, 0) is 24.8 Å². The van der Waals surface area contributed by atoms with Crippen molar-refractivity contribution in [2.24, 2.45) is 5.92 Å². The highest BCUT2D eigenvalue weighted by molar-refractivity contribution is 5.75. The predicted molar refractivity (Wildman–Crippen MR) is 105 cm³/mol. The summed E-state index contributed by atoms with van der Waals surface area (Å²) in [5, 5.41) is 12.4. The van der Waals surface area contributed by atoms with Gasteiger partial charge in [0, 0.05) is 18.2 Å². The fraction of sp³-hybridized carbons (Fsp3) is 0.350. The van der Waals surface area contributed by atoms with Crippen molar-refractivity contribution in [3.63, 3.8) is 0 Å². The Balaban J connectivity index is 1.46. The van der Waals surface area contributed by atoms with Gasteiger partial charge in [0.25, 0.3) is 0 Å². The Bertz CT molecular complexity index is 1170. The molecule has 4 heterocycles. The van der Waals surface area contributed by atoms with Gasteiger partial charge in [0.1, 0.15) is 17.7 Å². The van der Waals surface area contributed by atoms with Crippen molar-refractivity contribution in [3.8, 4) is 6.07 Å². The van der Waals surface area contributed by atoms with Crippen molar-refractivity contribution >= 4 is 22.5 Å². The maximum atomic E-state index is 8.88. The van der Waals surface area contributed by atoms with Crippen molar-refractivity contribution in [1.29, 1.82) is 5.26 Å². The minimum atomic E-state index is 0.299. The van der Waals surface area contributed by atoms with Gasteiger partial charge in [0.2, 0.25) is 0 Å². The minimum Gasteiger partial charge on any atom is -0.366 e. The number of rotatable bonds is 4. The number of H-pyrrole nitrogens is 1. The Morgan fingerprint density at radius 2 is 2.07 bits per heavy atom. The SMILES string of the molecule is CCC1CC(Nc2cnc(C#N)cn2)CC1c1ncc2cnc3[nH]ccc3n12. The molecule has 5 rings (SSSR count). The van der Waals surface area contributed by atoms with E-state index in [9.17, 15) is 0 Å². The monoisotopic (exact) mass is 372 g/mol. The molecule has 0 amide bonds. The molecule has 140 valence electrons. The molecule has 3 unspecified atom stereocenters. The minimum absolute atomic E-state index is 0.299. The van der Waals surface area contributed by atoms with E-state index in [0.29, 0.717) is 29.4 Å². The number of nitriles is 1. The molecule has 1 saturated carbocycles. The highest BCUT2D eigenvalue weighted by Gasteiger charge is 2.37. The van der Waals surface area contributed by atoms with Gasteiger partial charge < -0.3 is 10.3 Å². The summed E-state index contributed by atoms with van der Waals surface area (Å²) in [5.74, 6) is 2.71. The fourth-order valence-electron chi connectivity index (χ4n) is 4.44. The lowest BCUT2D eigenvalue weighted by molar-refractivity contribution is 0.452. The van der Waals surface area contributed by atoms with Gasteiger partial charge in [0.15, 0.2) is 11.3 Å². The lowest BCUT2D eigenvalue weighted by Crippen LogP contribution is -2.17. The smallest absolute Gasteiger partial charge is 0.158 e. The van der Waals surface area contributed by atoms with Gasteiger partial charge in [-0.15, -0.1) is 0 Å². The second-order valence-electron chi connectivity index (χ2n) is 7.33. The van der Waals surface area contributed by atoms with E-state index >= 15 is 0 Å². The Morgan fingerprint density at radius 1 is 1.18 bits per heavy atom. The zero-order chi connectivity index (χ0) is 19.1. The molecular formula is C20H20N8. The van der Waals surface area contributed by atoms with Crippen LogP contribution in [0.25, 0.3) is 16.7 Å². The summed E-state index contributed by atoms with van der Waals surface area (Å²) in [4.78, 5) is 20.8. The van der Waals surface area contributed by atoms with Crippen LogP contribution in [0.3, 0.4) is 0 Å². The number of nitrogens with zero attached hydrogens (tertiary/aromatic N) is 6. The highest BCUT2D eigenvalue weighted by atomic mass is 15.1. The summed E-state index contributed by atoms with van der Waals surface area (Å²) < 4.78 is 2.23. The van der Waals surface area contributed by atoms with Crippen LogP contribution in [0.2, 0.25) is 0 Å². The fourth-order valence-corrected chi connectivity index (χ4v) is 4.44. The van der Waals surface area contributed by atoms with E-state index in [4.69, 9.17) is 10.2 Å². The zero-order valence-electron chi connectivity index (χ0n) is 15.5. The van der Waals surface area contributed by atoms with Gasteiger partial charge in [-0.3, -0.25) is 4.40 Å². The molecule has 1 aliphatic carbocycles. The summed E-state index contributed by atoms with van der Waals surface area (Å²) >= 11 is 0. The number of aromatic nitrogens is 6. The van der Waals surface area contributed by atoms with Gasteiger partial charge in [-0.2, -0.15) is 5.26 Å². The molecule has 3 atom stereocenters. The van der Waals surface area contributed by atoms with Gasteiger partial charge >= 0.3 is 0 Å². The molecule has 8 nitrogen and oxygen atoms in total. The van der Waals surface area contributed by atoms with Gasteiger partial charge in [0.05, 0.1) is 35.8 Å². The number of aromatic amines is 1. The first-order valence-electron chi connectivity index (χ1n) is 9.55. The average molecular weight is 372 g/mol. The van der Waals surface area contributed by atoms with Crippen LogP contribution >= 0.6 is 0 Å². The summed E-state index contributed by atoms with van der Waals surface area (Å²) in [7, 11) is 0. The van der Waals surface area contributed by atoms with Crippen LogP contribution in [0.5, 0.6) is 0 Å². The van der Waals surface area contributed by atoms with Crippen LogP contribution in [0, 0.1) is 17.2 Å². The first kappa shape index (κ1) is 16.7. The Morgan fingerprint density at radius 3 is 2.86 bits per heavy atom. The molecule has 1 fully saturated rings. The molecular weight excluding hydrogens is 352 g/mol. The molecule has 0 spiro atoms. The molecule has 0 radical (unpaired) electrons. The Kier molecular flexibility index (Phi) is 3.93. The third kappa shape index (κ3) is 2.67. The average Bonchev–Trinajstić information content (AvgIpc) is 3.45. The third-order valence-corrected chi connectivity index (χ3v) is 5.76. The quantitative estimate of drug-likeness (QED) is 0.569. The van der Waals surface area contributed by atoms with E-state index in [1.54, 1.807) is 6.20 Å². The van der Waals surface area contributed by atoms with Crippen molar-refractivity contribution < 1.29 is 0 Å². The molecule has 1 aliphatic rings. The third-order valence-electron chi connectivity index (χ3n) is 5.76. The molecule has 2 N–H and O–H groups in total.